The lowest BCUT2D eigenvalue weighted by atomic mass is 10.1. The Morgan fingerprint density at radius 2 is 2.29 bits per heavy atom. The van der Waals surface area contributed by atoms with Gasteiger partial charge in [-0.1, -0.05) is 17.7 Å². The van der Waals surface area contributed by atoms with Gasteiger partial charge in [-0.3, -0.25) is 9.20 Å². The molecule has 1 aromatic carbocycles. The quantitative estimate of drug-likeness (QED) is 0.666. The average molecular weight is 402 g/mol. The highest BCUT2D eigenvalue weighted by Crippen LogP contribution is 2.29. The number of pyridine rings is 1. The van der Waals surface area contributed by atoms with E-state index in [-0.39, 0.29) is 18.5 Å². The van der Waals surface area contributed by atoms with Crippen LogP contribution in [0.1, 0.15) is 16.8 Å². The van der Waals surface area contributed by atoms with Gasteiger partial charge in [-0.25, -0.2) is 9.37 Å². The van der Waals surface area contributed by atoms with Crippen LogP contribution < -0.4 is 10.1 Å². The first-order valence-corrected chi connectivity index (χ1v) is 9.10. The van der Waals surface area contributed by atoms with Crippen molar-refractivity contribution in [2.45, 2.75) is 13.0 Å². The molecule has 0 saturated heterocycles. The van der Waals surface area contributed by atoms with Crippen molar-refractivity contribution in [3.05, 3.63) is 70.4 Å². The van der Waals surface area contributed by atoms with Gasteiger partial charge >= 0.3 is 0 Å². The monoisotopic (exact) mass is 401 g/mol. The summed E-state index contributed by atoms with van der Waals surface area (Å²) in [6, 6.07) is 8.37. The summed E-state index contributed by atoms with van der Waals surface area (Å²) in [5.41, 5.74) is 2.70. The number of carbonyl (C=O) groups is 1. The Labute approximate surface area is 165 Å². The van der Waals surface area contributed by atoms with Gasteiger partial charge < -0.3 is 14.8 Å². The number of nitrogens with zero attached hydrogens (tertiary/aromatic N) is 2. The molecule has 0 atom stereocenters. The van der Waals surface area contributed by atoms with Crippen LogP contribution in [0, 0.1) is 5.82 Å². The van der Waals surface area contributed by atoms with Gasteiger partial charge in [0, 0.05) is 24.4 Å². The summed E-state index contributed by atoms with van der Waals surface area (Å²) in [4.78, 5) is 16.4. The van der Waals surface area contributed by atoms with Crippen LogP contribution in [0.5, 0.6) is 5.75 Å². The minimum absolute atomic E-state index is 0.140. The van der Waals surface area contributed by atoms with E-state index in [0.29, 0.717) is 52.9 Å². The molecule has 3 aromatic rings. The van der Waals surface area contributed by atoms with E-state index in [0.717, 1.165) is 0 Å². The van der Waals surface area contributed by atoms with Crippen molar-refractivity contribution in [2.24, 2.45) is 0 Å². The molecular weight excluding hydrogens is 385 g/mol. The molecule has 1 N–H and O–H groups in total. The number of rotatable bonds is 5. The van der Waals surface area contributed by atoms with Crippen molar-refractivity contribution in [1.29, 1.82) is 0 Å². The summed E-state index contributed by atoms with van der Waals surface area (Å²) < 4.78 is 26.2. The van der Waals surface area contributed by atoms with Gasteiger partial charge in [0.05, 0.1) is 12.3 Å². The van der Waals surface area contributed by atoms with Crippen LogP contribution in [0.15, 0.2) is 42.6 Å². The van der Waals surface area contributed by atoms with Gasteiger partial charge in [0.25, 0.3) is 0 Å². The topological polar surface area (TPSA) is 64.9 Å². The fraction of sp³-hybridized carbons (Fsp3) is 0.200. The number of aromatic nitrogens is 2. The fourth-order valence-corrected chi connectivity index (χ4v) is 3.35. The van der Waals surface area contributed by atoms with Gasteiger partial charge in [-0.15, -0.1) is 0 Å². The molecule has 0 spiro atoms. The van der Waals surface area contributed by atoms with Gasteiger partial charge in [-0.2, -0.15) is 0 Å². The van der Waals surface area contributed by atoms with Crippen molar-refractivity contribution in [3.8, 4) is 5.75 Å². The van der Waals surface area contributed by atoms with Crippen LogP contribution in [0.2, 0.25) is 5.15 Å². The van der Waals surface area contributed by atoms with E-state index in [1.54, 1.807) is 10.5 Å². The fourth-order valence-electron chi connectivity index (χ4n) is 3.11. The molecule has 1 amide bonds. The summed E-state index contributed by atoms with van der Waals surface area (Å²) in [5, 5.41) is 3.10. The van der Waals surface area contributed by atoms with Crippen LogP contribution in [-0.4, -0.2) is 28.6 Å². The molecule has 0 aliphatic carbocycles. The predicted octanol–water partition coefficient (Wildman–Crippen LogP) is 3.37. The van der Waals surface area contributed by atoms with E-state index in [2.05, 4.69) is 10.3 Å². The molecule has 144 valence electrons. The number of hydrogen-bond acceptors (Lipinski definition) is 4. The maximum absolute atomic E-state index is 13.8. The number of benzene rings is 1. The first-order valence-electron chi connectivity index (χ1n) is 8.72. The maximum Gasteiger partial charge on any atom is 0.244 e. The van der Waals surface area contributed by atoms with Gasteiger partial charge in [-0.05, 0) is 42.3 Å². The minimum atomic E-state index is -0.351. The molecule has 1 aliphatic rings. The zero-order valence-corrected chi connectivity index (χ0v) is 15.6. The number of amides is 1. The molecule has 8 heteroatoms. The van der Waals surface area contributed by atoms with E-state index in [1.807, 2.05) is 24.4 Å². The lowest BCUT2D eigenvalue weighted by molar-refractivity contribution is -0.116. The summed E-state index contributed by atoms with van der Waals surface area (Å²) in [5.74, 6) is 0.00254. The highest BCUT2D eigenvalue weighted by molar-refractivity contribution is 6.31. The van der Waals surface area contributed by atoms with Crippen molar-refractivity contribution in [3.63, 3.8) is 0 Å². The standard InChI is InChI=1S/C20H17ClFN3O3/c21-20-16(25-8-2-1-3-17(25)24-20)4-5-18(26)23-7-6-13-9-15(22)10-14-11-27-12-28-19(13)14/h1-5,8-10H,6-7,11-12H2,(H,23,26)/b5-4+. The van der Waals surface area contributed by atoms with Crippen molar-refractivity contribution in [2.75, 3.05) is 13.3 Å². The van der Waals surface area contributed by atoms with Gasteiger partial charge in [0.2, 0.25) is 5.91 Å². The van der Waals surface area contributed by atoms with Crippen LogP contribution in [0.25, 0.3) is 11.7 Å². The number of ether oxygens (including phenoxy) is 2. The van der Waals surface area contributed by atoms with Crippen LogP contribution in [-0.2, 0) is 22.6 Å². The van der Waals surface area contributed by atoms with Crippen LogP contribution >= 0.6 is 11.6 Å². The van der Waals surface area contributed by atoms with E-state index in [1.165, 1.54) is 18.2 Å². The molecule has 0 radical (unpaired) electrons. The lowest BCUT2D eigenvalue weighted by Gasteiger charge is -2.20. The molecule has 0 unspecified atom stereocenters. The number of imidazole rings is 1. The van der Waals surface area contributed by atoms with Crippen molar-refractivity contribution < 1.29 is 18.7 Å². The number of nitrogens with one attached hydrogen (secondary N) is 1. The largest absolute Gasteiger partial charge is 0.467 e. The highest BCUT2D eigenvalue weighted by atomic mass is 35.5. The summed E-state index contributed by atoms with van der Waals surface area (Å²) in [7, 11) is 0. The Kier molecular flexibility index (Phi) is 5.27. The normalized spacial score (nSPS) is 13.5. The molecule has 1 aliphatic heterocycles. The summed E-state index contributed by atoms with van der Waals surface area (Å²) >= 11 is 6.14. The van der Waals surface area contributed by atoms with E-state index < -0.39 is 0 Å². The first kappa shape index (κ1) is 18.5. The number of halogens is 2. The van der Waals surface area contributed by atoms with Gasteiger partial charge in [0.15, 0.2) is 11.9 Å². The zero-order valence-electron chi connectivity index (χ0n) is 14.8. The Morgan fingerprint density at radius 1 is 1.39 bits per heavy atom. The summed E-state index contributed by atoms with van der Waals surface area (Å²) in [6.07, 6.45) is 5.27. The second-order valence-electron chi connectivity index (χ2n) is 6.25. The van der Waals surface area contributed by atoms with E-state index in [9.17, 15) is 9.18 Å². The second-order valence-corrected chi connectivity index (χ2v) is 6.61. The Balaban J connectivity index is 1.39. The van der Waals surface area contributed by atoms with Gasteiger partial charge in [0.1, 0.15) is 17.2 Å². The maximum atomic E-state index is 13.8. The molecule has 3 heterocycles. The molecule has 28 heavy (non-hydrogen) atoms. The molecule has 2 aromatic heterocycles. The predicted molar refractivity (Wildman–Crippen MR) is 103 cm³/mol. The third-order valence-corrected chi connectivity index (χ3v) is 4.64. The number of carbonyl (C=O) groups excluding carboxylic acids is 1. The Bertz CT molecular complexity index is 1060. The average Bonchev–Trinajstić information content (AvgIpc) is 3.01. The smallest absolute Gasteiger partial charge is 0.244 e. The Morgan fingerprint density at radius 3 is 3.18 bits per heavy atom. The van der Waals surface area contributed by atoms with E-state index >= 15 is 0 Å². The lowest BCUT2D eigenvalue weighted by Crippen LogP contribution is -2.24. The SMILES string of the molecule is O=C(/C=C/c1c(Cl)nc2ccccn12)NCCc1cc(F)cc2c1OCOC2. The minimum Gasteiger partial charge on any atom is -0.467 e. The molecule has 6 nitrogen and oxygen atoms in total. The molecule has 0 saturated carbocycles. The Hall–Kier alpha value is -2.90. The van der Waals surface area contributed by atoms with Crippen molar-refractivity contribution in [1.82, 2.24) is 14.7 Å². The molecule has 0 bridgehead atoms. The molecular formula is C20H17ClFN3O3. The molecule has 4 rings (SSSR count). The zero-order chi connectivity index (χ0) is 19.5. The second kappa shape index (κ2) is 8.00. The van der Waals surface area contributed by atoms with Crippen LogP contribution in [0.4, 0.5) is 4.39 Å². The summed E-state index contributed by atoms with van der Waals surface area (Å²) in [6.45, 7) is 0.792. The number of fused-ring (bicyclic) bond motifs is 2. The molecule has 0 fully saturated rings. The number of hydrogen-bond donors (Lipinski definition) is 1. The third-order valence-electron chi connectivity index (χ3n) is 4.36. The third kappa shape index (κ3) is 3.85. The highest BCUT2D eigenvalue weighted by Gasteiger charge is 2.16. The first-order chi connectivity index (χ1) is 13.6. The van der Waals surface area contributed by atoms with Crippen molar-refractivity contribution >= 4 is 29.2 Å². The van der Waals surface area contributed by atoms with E-state index in [4.69, 9.17) is 21.1 Å². The van der Waals surface area contributed by atoms with Crippen LogP contribution in [0.3, 0.4) is 0 Å².